The summed E-state index contributed by atoms with van der Waals surface area (Å²) in [7, 11) is 1.79. The van der Waals surface area contributed by atoms with Crippen molar-refractivity contribution in [1.82, 2.24) is 40.8 Å². The molecule has 0 fully saturated rings. The number of nitrogens with zero attached hydrogens (tertiary/aromatic N) is 6. The van der Waals surface area contributed by atoms with E-state index in [1.165, 1.54) is 12.4 Å². The monoisotopic (exact) mass is 508 g/mol. The van der Waals surface area contributed by atoms with E-state index in [0.717, 1.165) is 51.8 Å². The number of amides is 2. The molecule has 11 heteroatoms. The van der Waals surface area contributed by atoms with Crippen LogP contribution in [0.3, 0.4) is 0 Å². The van der Waals surface area contributed by atoms with Gasteiger partial charge in [-0.1, -0.05) is 24.3 Å². The van der Waals surface area contributed by atoms with Gasteiger partial charge in [-0.3, -0.25) is 9.59 Å². The lowest BCUT2D eigenvalue weighted by Gasteiger charge is -2.14. The van der Waals surface area contributed by atoms with Crippen LogP contribution in [0.2, 0.25) is 0 Å². The minimum Gasteiger partial charge on any atom is -0.461 e. The average Bonchev–Trinajstić information content (AvgIpc) is 3.64. The third kappa shape index (κ3) is 4.49. The predicted octanol–water partition coefficient (Wildman–Crippen LogP) is 3.07. The number of furan rings is 1. The molecule has 38 heavy (non-hydrogen) atoms. The largest absolute Gasteiger partial charge is 0.461 e. The highest BCUT2D eigenvalue weighted by atomic mass is 16.3. The molecular weight excluding hydrogens is 484 g/mol. The summed E-state index contributed by atoms with van der Waals surface area (Å²) in [6.45, 7) is 2.19. The molecule has 5 aromatic rings. The number of rotatable bonds is 6. The smallest absolute Gasteiger partial charge is 0.270 e. The molecule has 1 aliphatic rings. The summed E-state index contributed by atoms with van der Waals surface area (Å²) >= 11 is 0. The number of benzene rings is 2. The fourth-order valence-corrected chi connectivity index (χ4v) is 4.81. The zero-order valence-corrected chi connectivity index (χ0v) is 20.8. The van der Waals surface area contributed by atoms with Crippen LogP contribution in [-0.4, -0.2) is 42.0 Å². The molecule has 2 aromatic carbocycles. The number of hydrogen-bond acceptors (Lipinski definition) is 8. The van der Waals surface area contributed by atoms with E-state index in [2.05, 4.69) is 42.2 Å². The van der Waals surface area contributed by atoms with Crippen molar-refractivity contribution in [2.24, 2.45) is 7.05 Å². The minimum atomic E-state index is -0.394. The number of fused-ring (bicyclic) bond motifs is 2. The topological polar surface area (TPSA) is 141 Å². The van der Waals surface area contributed by atoms with E-state index in [1.807, 2.05) is 43.3 Å². The average molecular weight is 509 g/mol. The summed E-state index contributed by atoms with van der Waals surface area (Å²) in [6.07, 6.45) is 2.81. The van der Waals surface area contributed by atoms with E-state index in [-0.39, 0.29) is 23.3 Å². The van der Waals surface area contributed by atoms with Crippen molar-refractivity contribution in [3.63, 3.8) is 0 Å². The molecule has 0 saturated carbocycles. The van der Waals surface area contributed by atoms with Crippen LogP contribution in [0.4, 0.5) is 0 Å². The highest BCUT2D eigenvalue weighted by Crippen LogP contribution is 2.34. The third-order valence-corrected chi connectivity index (χ3v) is 6.70. The molecule has 1 aliphatic carbocycles. The summed E-state index contributed by atoms with van der Waals surface area (Å²) in [4.78, 5) is 33.9. The van der Waals surface area contributed by atoms with Crippen molar-refractivity contribution in [1.29, 1.82) is 0 Å². The normalized spacial score (nSPS) is 14.4. The summed E-state index contributed by atoms with van der Waals surface area (Å²) in [5, 5.41) is 18.5. The van der Waals surface area contributed by atoms with Crippen molar-refractivity contribution in [2.75, 3.05) is 0 Å². The third-order valence-electron chi connectivity index (χ3n) is 6.70. The Hall–Kier alpha value is -4.93. The predicted molar refractivity (Wildman–Crippen MR) is 137 cm³/mol. The highest BCUT2D eigenvalue weighted by Gasteiger charge is 2.26. The number of carbonyl (C=O) groups is 2. The Balaban J connectivity index is 1.11. The molecule has 0 bridgehead atoms. The fourth-order valence-electron chi connectivity index (χ4n) is 4.81. The Morgan fingerprint density at radius 2 is 1.89 bits per heavy atom. The molecule has 11 nitrogen and oxygen atoms in total. The molecule has 0 saturated heterocycles. The van der Waals surface area contributed by atoms with E-state index in [4.69, 9.17) is 4.42 Å². The first-order valence-electron chi connectivity index (χ1n) is 12.2. The lowest BCUT2D eigenvalue weighted by atomic mass is 10.0. The first kappa shape index (κ1) is 23.5. The number of tetrazole rings is 1. The highest BCUT2D eigenvalue weighted by molar-refractivity contribution is 5.97. The number of aromatic nitrogens is 6. The number of hydrogen-bond donors (Lipinski definition) is 2. The van der Waals surface area contributed by atoms with Crippen LogP contribution in [0.5, 0.6) is 0 Å². The molecule has 6 rings (SSSR count). The second-order valence-corrected chi connectivity index (χ2v) is 9.30. The number of aryl methyl sites for hydroxylation is 3. The van der Waals surface area contributed by atoms with Gasteiger partial charge in [-0.2, -0.15) is 0 Å². The maximum absolute atomic E-state index is 13.0. The lowest BCUT2D eigenvalue weighted by Crippen LogP contribution is -2.29. The SMILES string of the molecule is Cc1cc2ccc(CNC(=O)c3cc(C(=O)N[C@@H]4CCc5cc(-c6nnnn6C)ccc54)ncn3)cc2o1. The van der Waals surface area contributed by atoms with Gasteiger partial charge in [0.2, 0.25) is 0 Å². The van der Waals surface area contributed by atoms with Gasteiger partial charge >= 0.3 is 0 Å². The van der Waals surface area contributed by atoms with Gasteiger partial charge in [0.1, 0.15) is 29.1 Å². The molecule has 2 N–H and O–H groups in total. The molecule has 3 heterocycles. The maximum Gasteiger partial charge on any atom is 0.270 e. The molecule has 0 unspecified atom stereocenters. The molecule has 1 atom stereocenters. The quantitative estimate of drug-likeness (QED) is 0.357. The van der Waals surface area contributed by atoms with E-state index in [1.54, 1.807) is 11.7 Å². The van der Waals surface area contributed by atoms with Crippen molar-refractivity contribution in [2.45, 2.75) is 32.4 Å². The van der Waals surface area contributed by atoms with Gasteiger partial charge in [0, 0.05) is 30.6 Å². The van der Waals surface area contributed by atoms with Gasteiger partial charge in [-0.05, 0) is 65.1 Å². The summed E-state index contributed by atoms with van der Waals surface area (Å²) < 4.78 is 7.28. The minimum absolute atomic E-state index is 0.119. The van der Waals surface area contributed by atoms with E-state index < -0.39 is 5.91 Å². The number of nitrogens with one attached hydrogen (secondary N) is 2. The maximum atomic E-state index is 13.0. The molecule has 0 aliphatic heterocycles. The van der Waals surface area contributed by atoms with Gasteiger partial charge in [-0.15, -0.1) is 5.10 Å². The Kier molecular flexibility index (Phi) is 5.87. The van der Waals surface area contributed by atoms with Crippen LogP contribution in [-0.2, 0) is 20.0 Å². The van der Waals surface area contributed by atoms with Crippen LogP contribution in [0, 0.1) is 6.92 Å². The first-order chi connectivity index (χ1) is 18.4. The van der Waals surface area contributed by atoms with Crippen LogP contribution < -0.4 is 10.6 Å². The second-order valence-electron chi connectivity index (χ2n) is 9.30. The fraction of sp³-hybridized carbons (Fsp3) is 0.222. The Morgan fingerprint density at radius 1 is 1.05 bits per heavy atom. The molecule has 0 spiro atoms. The zero-order chi connectivity index (χ0) is 26.2. The van der Waals surface area contributed by atoms with Crippen molar-refractivity contribution < 1.29 is 14.0 Å². The lowest BCUT2D eigenvalue weighted by molar-refractivity contribution is 0.0931. The van der Waals surface area contributed by atoms with Gasteiger partial charge in [0.05, 0.1) is 6.04 Å². The Labute approximate surface area is 217 Å². The van der Waals surface area contributed by atoms with Crippen LogP contribution in [0.1, 0.15) is 55.9 Å². The Morgan fingerprint density at radius 3 is 2.71 bits per heavy atom. The van der Waals surface area contributed by atoms with Crippen LogP contribution >= 0.6 is 0 Å². The standard InChI is InChI=1S/C27H24N8O3/c1-15-9-18-4-3-16(10-24(18)38-15)13-28-26(36)22-12-23(30-14-29-22)27(37)31-21-8-6-17-11-19(5-7-20(17)21)25-32-33-34-35(25)2/h3-5,7,9-12,14,21H,6,8,13H2,1-2H3,(H,28,36)(H,31,37)/t21-/m1/s1. The molecular formula is C27H24N8O3. The van der Waals surface area contributed by atoms with E-state index >= 15 is 0 Å². The van der Waals surface area contributed by atoms with Crippen molar-refractivity contribution >= 4 is 22.8 Å². The van der Waals surface area contributed by atoms with Gasteiger partial charge in [-0.25, -0.2) is 14.6 Å². The molecule has 190 valence electrons. The van der Waals surface area contributed by atoms with E-state index in [0.29, 0.717) is 12.4 Å². The zero-order valence-electron chi connectivity index (χ0n) is 20.8. The molecule has 0 radical (unpaired) electrons. The van der Waals surface area contributed by atoms with Gasteiger partial charge in [0.25, 0.3) is 11.8 Å². The number of carbonyl (C=O) groups excluding carboxylic acids is 2. The van der Waals surface area contributed by atoms with Crippen molar-refractivity contribution in [3.05, 3.63) is 88.7 Å². The second kappa shape index (κ2) is 9.51. The van der Waals surface area contributed by atoms with Gasteiger partial charge in [0.15, 0.2) is 5.82 Å². The summed E-state index contributed by atoms with van der Waals surface area (Å²) in [6, 6.07) is 15.0. The van der Waals surface area contributed by atoms with Crippen molar-refractivity contribution in [3.8, 4) is 11.4 Å². The van der Waals surface area contributed by atoms with Crippen LogP contribution in [0.15, 0.2) is 59.3 Å². The molecule has 3 aromatic heterocycles. The molecule has 2 amide bonds. The summed E-state index contributed by atoms with van der Waals surface area (Å²) in [5.41, 5.74) is 5.03. The first-order valence-corrected chi connectivity index (χ1v) is 12.2. The summed E-state index contributed by atoms with van der Waals surface area (Å²) in [5.74, 6) is 0.760. The van der Waals surface area contributed by atoms with Gasteiger partial charge < -0.3 is 15.1 Å². The van der Waals surface area contributed by atoms with E-state index in [9.17, 15) is 9.59 Å². The van der Waals surface area contributed by atoms with Crippen LogP contribution in [0.25, 0.3) is 22.4 Å². The Bertz CT molecular complexity index is 1690.